The number of carbonyl (C=O) groups excluding carboxylic acids is 3. The van der Waals surface area contributed by atoms with Crippen LogP contribution in [0.15, 0.2) is 47.4 Å². The van der Waals surface area contributed by atoms with E-state index in [9.17, 15) is 14.4 Å². The summed E-state index contributed by atoms with van der Waals surface area (Å²) in [5.41, 5.74) is 3.92. The van der Waals surface area contributed by atoms with Gasteiger partial charge >= 0.3 is 0 Å². The van der Waals surface area contributed by atoms with Crippen LogP contribution in [0.25, 0.3) is 6.08 Å². The van der Waals surface area contributed by atoms with E-state index >= 15 is 0 Å². The quantitative estimate of drug-likeness (QED) is 0.537. The van der Waals surface area contributed by atoms with Crippen LogP contribution in [0.2, 0.25) is 0 Å². The maximum absolute atomic E-state index is 12.9. The van der Waals surface area contributed by atoms with Crippen LogP contribution in [0.1, 0.15) is 51.2 Å². The van der Waals surface area contributed by atoms with Gasteiger partial charge in [-0.25, -0.2) is 0 Å². The second-order valence-electron chi connectivity index (χ2n) is 9.57. The Balaban J connectivity index is 1.45. The average Bonchev–Trinajstić information content (AvgIpc) is 3.06. The summed E-state index contributed by atoms with van der Waals surface area (Å²) in [6.07, 6.45) is 2.77. The smallest absolute Gasteiger partial charge is 0.294 e. The fraction of sp³-hybridized carbons (Fsp3) is 0.370. The third kappa shape index (κ3) is 5.22. The van der Waals surface area contributed by atoms with Gasteiger partial charge in [-0.05, 0) is 98.5 Å². The molecule has 8 heteroatoms. The number of hydrogen-bond acceptors (Lipinski definition) is 6. The first-order chi connectivity index (χ1) is 16.6. The molecule has 0 saturated carbocycles. The fourth-order valence-corrected chi connectivity index (χ4v) is 5.46. The molecular formula is C27H31N3O4S. The molecule has 0 aromatic heterocycles. The van der Waals surface area contributed by atoms with Crippen LogP contribution in [0, 0.1) is 0 Å². The number of amides is 3. The van der Waals surface area contributed by atoms with Crippen molar-refractivity contribution in [1.82, 2.24) is 4.90 Å². The number of thioether (sulfide) groups is 1. The largest absolute Gasteiger partial charge is 0.494 e. The molecule has 0 aliphatic carbocycles. The van der Waals surface area contributed by atoms with E-state index in [1.165, 1.54) is 11.3 Å². The molecule has 7 nitrogen and oxygen atoms in total. The number of anilines is 2. The monoisotopic (exact) mass is 493 g/mol. The summed E-state index contributed by atoms with van der Waals surface area (Å²) in [6.45, 7) is 8.80. The maximum atomic E-state index is 12.9. The summed E-state index contributed by atoms with van der Waals surface area (Å²) in [5, 5.41) is 2.27. The van der Waals surface area contributed by atoms with Gasteiger partial charge < -0.3 is 15.0 Å². The van der Waals surface area contributed by atoms with E-state index in [0.717, 1.165) is 28.6 Å². The predicted octanol–water partition coefficient (Wildman–Crippen LogP) is 5.48. The van der Waals surface area contributed by atoms with Crippen molar-refractivity contribution in [3.05, 3.63) is 58.5 Å². The van der Waals surface area contributed by atoms with Crippen LogP contribution in [0.5, 0.6) is 5.75 Å². The van der Waals surface area contributed by atoms with Gasteiger partial charge in [0.2, 0.25) is 5.91 Å². The Labute approximate surface area is 210 Å². The molecule has 184 valence electrons. The first kappa shape index (κ1) is 24.9. The summed E-state index contributed by atoms with van der Waals surface area (Å²) in [6, 6.07) is 13.1. The number of nitrogens with one attached hydrogen (secondary N) is 1. The number of imide groups is 1. The average molecular weight is 494 g/mol. The van der Waals surface area contributed by atoms with Crippen LogP contribution < -0.4 is 15.0 Å². The lowest BCUT2D eigenvalue weighted by atomic mass is 9.80. The molecule has 0 spiro atoms. The lowest BCUT2D eigenvalue weighted by Crippen LogP contribution is -2.45. The standard InChI is InChI=1S/C27H31N3O4S/c1-6-34-20-10-8-19(9-11-20)28-24(31)16-30-25(32)23(35-26(30)33)14-18-7-12-22-21(13-18)17(2)15-27(3,4)29(22)5/h7-14,17H,6,15-16H2,1-5H3,(H,28,31)/b23-14+. The van der Waals surface area contributed by atoms with E-state index in [0.29, 0.717) is 28.9 Å². The summed E-state index contributed by atoms with van der Waals surface area (Å²) in [7, 11) is 2.11. The summed E-state index contributed by atoms with van der Waals surface area (Å²) in [5.74, 6) is 0.191. The molecule has 1 N–H and O–H groups in total. The van der Waals surface area contributed by atoms with E-state index < -0.39 is 17.1 Å². The third-order valence-corrected chi connectivity index (χ3v) is 7.49. The Bertz CT molecular complexity index is 1190. The molecule has 2 aromatic carbocycles. The number of hydrogen-bond donors (Lipinski definition) is 1. The summed E-state index contributed by atoms with van der Waals surface area (Å²) < 4.78 is 5.39. The van der Waals surface area contributed by atoms with E-state index in [4.69, 9.17) is 4.74 Å². The van der Waals surface area contributed by atoms with Gasteiger partial charge in [0.1, 0.15) is 12.3 Å². The van der Waals surface area contributed by atoms with Gasteiger partial charge in [0.05, 0.1) is 11.5 Å². The molecule has 0 bridgehead atoms. The second-order valence-corrected chi connectivity index (χ2v) is 10.6. The minimum absolute atomic E-state index is 0.0719. The van der Waals surface area contributed by atoms with Gasteiger partial charge in [-0.2, -0.15) is 0 Å². The van der Waals surface area contributed by atoms with Gasteiger partial charge in [0, 0.05) is 24.0 Å². The SMILES string of the molecule is CCOc1ccc(NC(=O)CN2C(=O)S/C(=C/c3ccc4c(c3)C(C)CC(C)(C)N4C)C2=O)cc1. The van der Waals surface area contributed by atoms with Crippen LogP contribution in [-0.2, 0) is 9.59 Å². The van der Waals surface area contributed by atoms with Gasteiger partial charge in [-0.15, -0.1) is 0 Å². The molecule has 1 atom stereocenters. The third-order valence-electron chi connectivity index (χ3n) is 6.58. The highest BCUT2D eigenvalue weighted by atomic mass is 32.2. The Morgan fingerprint density at radius 2 is 1.91 bits per heavy atom. The lowest BCUT2D eigenvalue weighted by molar-refractivity contribution is -0.127. The van der Waals surface area contributed by atoms with Crippen molar-refractivity contribution in [2.24, 2.45) is 0 Å². The number of ether oxygens (including phenoxy) is 1. The zero-order valence-corrected chi connectivity index (χ0v) is 21.6. The lowest BCUT2D eigenvalue weighted by Gasteiger charge is -2.45. The van der Waals surface area contributed by atoms with Crippen LogP contribution in [0.4, 0.5) is 16.2 Å². The number of nitrogens with zero attached hydrogens (tertiary/aromatic N) is 2. The minimum atomic E-state index is -0.453. The fourth-order valence-electron chi connectivity index (χ4n) is 4.62. The van der Waals surface area contributed by atoms with E-state index in [1.807, 2.05) is 13.0 Å². The first-order valence-corrected chi connectivity index (χ1v) is 12.6. The van der Waals surface area contributed by atoms with Gasteiger partial charge in [-0.3, -0.25) is 19.3 Å². The first-order valence-electron chi connectivity index (χ1n) is 11.7. The zero-order valence-electron chi connectivity index (χ0n) is 20.8. The number of rotatable bonds is 6. The summed E-state index contributed by atoms with van der Waals surface area (Å²) >= 11 is 0.862. The Hall–Kier alpha value is -3.26. The zero-order chi connectivity index (χ0) is 25.3. The number of fused-ring (bicyclic) bond motifs is 1. The van der Waals surface area contributed by atoms with Gasteiger partial charge in [0.25, 0.3) is 11.1 Å². The van der Waals surface area contributed by atoms with Gasteiger partial charge in [0.15, 0.2) is 0 Å². The van der Waals surface area contributed by atoms with E-state index in [2.05, 4.69) is 50.2 Å². The van der Waals surface area contributed by atoms with Crippen LogP contribution in [0.3, 0.4) is 0 Å². The van der Waals surface area contributed by atoms with Crippen molar-refractivity contribution in [1.29, 1.82) is 0 Å². The topological polar surface area (TPSA) is 79.0 Å². The molecule has 3 amide bonds. The molecule has 2 aliphatic rings. The molecule has 2 heterocycles. The summed E-state index contributed by atoms with van der Waals surface area (Å²) in [4.78, 5) is 41.5. The molecule has 35 heavy (non-hydrogen) atoms. The maximum Gasteiger partial charge on any atom is 0.294 e. The molecule has 2 aromatic rings. The number of benzene rings is 2. The van der Waals surface area contributed by atoms with Crippen LogP contribution >= 0.6 is 11.8 Å². The van der Waals surface area contributed by atoms with Crippen molar-refractivity contribution in [3.8, 4) is 5.75 Å². The highest BCUT2D eigenvalue weighted by Crippen LogP contribution is 2.43. The number of carbonyl (C=O) groups is 3. The molecule has 0 radical (unpaired) electrons. The Morgan fingerprint density at radius 3 is 2.60 bits per heavy atom. The molecule has 4 rings (SSSR count). The van der Waals surface area contributed by atoms with Crippen LogP contribution in [-0.4, -0.2) is 47.7 Å². The van der Waals surface area contributed by atoms with E-state index in [-0.39, 0.29) is 12.1 Å². The highest BCUT2D eigenvalue weighted by Gasteiger charge is 2.37. The van der Waals surface area contributed by atoms with E-state index in [1.54, 1.807) is 30.3 Å². The minimum Gasteiger partial charge on any atom is -0.494 e. The molecule has 1 saturated heterocycles. The Morgan fingerprint density at radius 1 is 1.20 bits per heavy atom. The van der Waals surface area contributed by atoms with Crippen molar-refractivity contribution < 1.29 is 19.1 Å². The molecule has 2 aliphatic heterocycles. The molecule has 1 unspecified atom stereocenters. The predicted molar refractivity (Wildman–Crippen MR) is 141 cm³/mol. The molecule has 1 fully saturated rings. The van der Waals surface area contributed by atoms with Crippen molar-refractivity contribution >= 4 is 46.3 Å². The normalized spacial score (nSPS) is 20.3. The molecular weight excluding hydrogens is 462 g/mol. The van der Waals surface area contributed by atoms with Crippen molar-refractivity contribution in [3.63, 3.8) is 0 Å². The van der Waals surface area contributed by atoms with Crippen molar-refractivity contribution in [2.75, 3.05) is 30.4 Å². The highest BCUT2D eigenvalue weighted by molar-refractivity contribution is 8.18. The Kier molecular flexibility index (Phi) is 6.94. The van der Waals surface area contributed by atoms with Gasteiger partial charge in [-0.1, -0.05) is 13.0 Å². The van der Waals surface area contributed by atoms with Crippen molar-refractivity contribution in [2.45, 2.75) is 45.6 Å². The second kappa shape index (κ2) is 9.77.